The van der Waals surface area contributed by atoms with Gasteiger partial charge in [-0.3, -0.25) is 0 Å². The van der Waals surface area contributed by atoms with Crippen molar-refractivity contribution < 1.29 is 4.42 Å². The van der Waals surface area contributed by atoms with Crippen LogP contribution in [0.1, 0.15) is 16.7 Å². The van der Waals surface area contributed by atoms with E-state index in [1.54, 1.807) is 0 Å². The maximum atomic E-state index is 6.93. The molecule has 0 unspecified atom stereocenters. The molecule has 0 aliphatic carbocycles. The van der Waals surface area contributed by atoms with E-state index in [9.17, 15) is 0 Å². The number of hydrazone groups is 1. The van der Waals surface area contributed by atoms with Crippen molar-refractivity contribution >= 4 is 70.9 Å². The van der Waals surface area contributed by atoms with Crippen molar-refractivity contribution in [2.24, 2.45) is 16.7 Å². The van der Waals surface area contributed by atoms with Crippen LogP contribution >= 0.6 is 0 Å². The standard InChI is InChI=1S/C47H30O.C7H9N3/c1-2-13-30(14-3-1)25-33-17-12-24-45-46(33)44-29-34(41-26-31-15-4-6-18-35(31)37-20-8-10-22-39(37)41)28-43(47(44)48-45)42-27-32-16-5-7-19-36(32)38-21-9-11-23-40(38)42;8-7(10-9)6-4-2-1-3-5-6/h1-24,26-29H,25H2;1-5H,9H2,(H2,8,10). The van der Waals surface area contributed by atoms with E-state index in [1.165, 1.54) is 76.3 Å². The van der Waals surface area contributed by atoms with E-state index in [1.807, 2.05) is 30.3 Å². The lowest BCUT2D eigenvalue weighted by molar-refractivity contribution is 0.670. The Morgan fingerprint density at radius 3 is 1.62 bits per heavy atom. The van der Waals surface area contributed by atoms with Crippen LogP contribution in [0.3, 0.4) is 0 Å². The first-order chi connectivity index (χ1) is 28.6. The van der Waals surface area contributed by atoms with Crippen LogP contribution < -0.4 is 11.6 Å². The first-order valence-corrected chi connectivity index (χ1v) is 19.6. The molecule has 4 heteroatoms. The van der Waals surface area contributed by atoms with Crippen molar-refractivity contribution in [1.82, 2.24) is 0 Å². The molecule has 276 valence electrons. The van der Waals surface area contributed by atoms with E-state index in [-0.39, 0.29) is 0 Å². The second-order valence-electron chi connectivity index (χ2n) is 14.7. The maximum Gasteiger partial charge on any atom is 0.150 e. The molecule has 0 amide bonds. The van der Waals surface area contributed by atoms with Gasteiger partial charge in [-0.05, 0) is 108 Å². The predicted molar refractivity (Wildman–Crippen MR) is 245 cm³/mol. The second-order valence-corrected chi connectivity index (χ2v) is 14.7. The summed E-state index contributed by atoms with van der Waals surface area (Å²) in [6.45, 7) is 0. The minimum atomic E-state index is 0.362. The Morgan fingerprint density at radius 1 is 0.448 bits per heavy atom. The Morgan fingerprint density at radius 2 is 0.983 bits per heavy atom. The topological polar surface area (TPSA) is 77.5 Å². The fraction of sp³-hybridized carbons (Fsp3) is 0.0185. The summed E-state index contributed by atoms with van der Waals surface area (Å²) in [5.74, 6) is 5.33. The van der Waals surface area contributed by atoms with Gasteiger partial charge in [-0.15, -0.1) is 0 Å². The highest BCUT2D eigenvalue weighted by atomic mass is 16.3. The molecule has 0 fully saturated rings. The van der Waals surface area contributed by atoms with Crippen molar-refractivity contribution in [3.05, 3.63) is 217 Å². The zero-order valence-electron chi connectivity index (χ0n) is 31.8. The van der Waals surface area contributed by atoms with Crippen LogP contribution in [0.25, 0.3) is 87.3 Å². The van der Waals surface area contributed by atoms with Crippen molar-refractivity contribution in [2.75, 3.05) is 0 Å². The maximum absolute atomic E-state index is 6.93. The Labute approximate surface area is 336 Å². The van der Waals surface area contributed by atoms with Crippen LogP contribution in [0.5, 0.6) is 0 Å². The summed E-state index contributed by atoms with van der Waals surface area (Å²) in [4.78, 5) is 0. The number of nitrogens with zero attached hydrogens (tertiary/aromatic N) is 1. The molecule has 1 heterocycles. The van der Waals surface area contributed by atoms with Gasteiger partial charge in [0.15, 0.2) is 0 Å². The lowest BCUT2D eigenvalue weighted by atomic mass is 9.88. The number of amidine groups is 1. The fourth-order valence-corrected chi connectivity index (χ4v) is 8.57. The number of hydrogen-bond acceptors (Lipinski definition) is 3. The Balaban J connectivity index is 0.000000360. The summed E-state index contributed by atoms with van der Waals surface area (Å²) in [5.41, 5.74) is 15.4. The summed E-state index contributed by atoms with van der Waals surface area (Å²) in [6.07, 6.45) is 0.837. The molecule has 0 saturated carbocycles. The third-order valence-electron chi connectivity index (χ3n) is 11.3. The van der Waals surface area contributed by atoms with Crippen LogP contribution in [-0.4, -0.2) is 5.84 Å². The average Bonchev–Trinajstić information content (AvgIpc) is 3.68. The summed E-state index contributed by atoms with van der Waals surface area (Å²) in [7, 11) is 0. The number of furan rings is 1. The van der Waals surface area contributed by atoms with Gasteiger partial charge in [-0.1, -0.05) is 170 Å². The van der Waals surface area contributed by atoms with Gasteiger partial charge < -0.3 is 16.0 Å². The minimum absolute atomic E-state index is 0.362. The van der Waals surface area contributed by atoms with E-state index in [0.29, 0.717) is 5.84 Å². The van der Waals surface area contributed by atoms with Gasteiger partial charge in [0.05, 0.1) is 0 Å². The fourth-order valence-electron chi connectivity index (χ4n) is 8.57. The molecule has 0 bridgehead atoms. The molecule has 10 aromatic carbocycles. The number of nitrogens with two attached hydrogens (primary N) is 2. The third kappa shape index (κ3) is 6.18. The molecule has 0 atom stereocenters. The molecular formula is C54H39N3O. The zero-order valence-corrected chi connectivity index (χ0v) is 31.8. The van der Waals surface area contributed by atoms with E-state index in [2.05, 4.69) is 175 Å². The highest BCUT2D eigenvalue weighted by molar-refractivity contribution is 6.20. The Kier molecular flexibility index (Phi) is 8.85. The van der Waals surface area contributed by atoms with Crippen molar-refractivity contribution in [3.8, 4) is 22.3 Å². The van der Waals surface area contributed by atoms with Gasteiger partial charge in [-0.25, -0.2) is 0 Å². The van der Waals surface area contributed by atoms with E-state index in [0.717, 1.165) is 34.1 Å². The molecule has 1 aromatic heterocycles. The van der Waals surface area contributed by atoms with Crippen molar-refractivity contribution in [1.29, 1.82) is 0 Å². The quantitative estimate of drug-likeness (QED) is 0.0605. The molecule has 4 nitrogen and oxygen atoms in total. The van der Waals surface area contributed by atoms with E-state index >= 15 is 0 Å². The van der Waals surface area contributed by atoms with Crippen LogP contribution in [0.15, 0.2) is 210 Å². The molecule has 0 spiro atoms. The predicted octanol–water partition coefficient (Wildman–Crippen LogP) is 13.4. The van der Waals surface area contributed by atoms with Crippen LogP contribution in [0.2, 0.25) is 0 Å². The number of fused-ring (bicyclic) bond motifs is 9. The monoisotopic (exact) mass is 745 g/mol. The lowest BCUT2D eigenvalue weighted by Crippen LogP contribution is -2.14. The Hall–Kier alpha value is -7.69. The smallest absolute Gasteiger partial charge is 0.150 e. The average molecular weight is 746 g/mol. The normalized spacial score (nSPS) is 11.8. The van der Waals surface area contributed by atoms with Gasteiger partial charge in [-0.2, -0.15) is 5.10 Å². The number of rotatable bonds is 5. The summed E-state index contributed by atoms with van der Waals surface area (Å²) < 4.78 is 6.93. The molecule has 11 rings (SSSR count). The minimum Gasteiger partial charge on any atom is -0.455 e. The van der Waals surface area contributed by atoms with Crippen LogP contribution in [0.4, 0.5) is 0 Å². The largest absolute Gasteiger partial charge is 0.455 e. The highest BCUT2D eigenvalue weighted by Crippen LogP contribution is 2.45. The van der Waals surface area contributed by atoms with E-state index in [4.69, 9.17) is 16.0 Å². The van der Waals surface area contributed by atoms with Crippen LogP contribution in [-0.2, 0) is 6.42 Å². The molecular weight excluding hydrogens is 707 g/mol. The van der Waals surface area contributed by atoms with Gasteiger partial charge in [0.25, 0.3) is 0 Å². The summed E-state index contributed by atoms with van der Waals surface area (Å²) in [6, 6.07) is 71.1. The first-order valence-electron chi connectivity index (χ1n) is 19.6. The molecule has 0 aliphatic heterocycles. The van der Waals surface area contributed by atoms with Gasteiger partial charge in [0.2, 0.25) is 0 Å². The highest BCUT2D eigenvalue weighted by Gasteiger charge is 2.21. The molecule has 4 N–H and O–H groups in total. The van der Waals surface area contributed by atoms with Crippen molar-refractivity contribution in [3.63, 3.8) is 0 Å². The SMILES string of the molecule is N/N=C(\N)c1ccccc1.c1ccc(Cc2cccc3oc4c(-c5cc6ccccc6c6ccccc56)cc(-c5cc6ccccc6c6ccccc56)cc4c23)cc1. The van der Waals surface area contributed by atoms with Crippen molar-refractivity contribution in [2.45, 2.75) is 6.42 Å². The second kappa shape index (κ2) is 14.8. The zero-order chi connectivity index (χ0) is 39.0. The molecule has 0 saturated heterocycles. The summed E-state index contributed by atoms with van der Waals surface area (Å²) >= 11 is 0. The number of hydrogen-bond donors (Lipinski definition) is 2. The van der Waals surface area contributed by atoms with E-state index < -0.39 is 0 Å². The molecule has 0 radical (unpaired) electrons. The molecule has 58 heavy (non-hydrogen) atoms. The van der Waals surface area contributed by atoms with Gasteiger partial charge in [0, 0.05) is 21.9 Å². The lowest BCUT2D eigenvalue weighted by Gasteiger charge is -2.15. The molecule has 11 aromatic rings. The van der Waals surface area contributed by atoms with Crippen LogP contribution in [0, 0.1) is 0 Å². The Bertz CT molecular complexity index is 3330. The first kappa shape index (κ1) is 34.8. The third-order valence-corrected chi connectivity index (χ3v) is 11.3. The van der Waals surface area contributed by atoms with Gasteiger partial charge >= 0.3 is 0 Å². The number of benzene rings is 10. The molecule has 0 aliphatic rings. The van der Waals surface area contributed by atoms with Gasteiger partial charge in [0.1, 0.15) is 17.0 Å². The summed E-state index contributed by atoms with van der Waals surface area (Å²) in [5, 5.41) is 15.7.